The Hall–Kier alpha value is -2.59. The SMILES string of the molecule is CCCCCC1(C)OCc2cc(OC[Si](OC(C)=O)(OC(C)=O)OC(C)=O)ccc2O1. The van der Waals surface area contributed by atoms with Crippen LogP contribution in [0, 0.1) is 0 Å². The molecular weight excluding hydrogens is 424 g/mol. The van der Waals surface area contributed by atoms with Gasteiger partial charge in [-0.3, -0.25) is 14.4 Å². The highest BCUT2D eigenvalue weighted by molar-refractivity contribution is 6.65. The maximum atomic E-state index is 11.5. The maximum absolute atomic E-state index is 11.5. The zero-order chi connectivity index (χ0) is 23.1. The van der Waals surface area contributed by atoms with Gasteiger partial charge in [-0.25, -0.2) is 0 Å². The van der Waals surface area contributed by atoms with E-state index in [0.29, 0.717) is 18.1 Å². The van der Waals surface area contributed by atoms with Crippen LogP contribution in [-0.2, 0) is 39.0 Å². The van der Waals surface area contributed by atoms with E-state index in [-0.39, 0.29) is 0 Å². The zero-order valence-corrected chi connectivity index (χ0v) is 19.6. The molecule has 1 unspecified atom stereocenters. The van der Waals surface area contributed by atoms with Gasteiger partial charge in [0.15, 0.2) is 6.23 Å². The van der Waals surface area contributed by atoms with E-state index < -0.39 is 38.7 Å². The molecule has 0 bridgehead atoms. The largest absolute Gasteiger partial charge is 0.745 e. The van der Waals surface area contributed by atoms with Crippen LogP contribution in [0.3, 0.4) is 0 Å². The molecule has 0 spiro atoms. The van der Waals surface area contributed by atoms with Crippen LogP contribution in [0.2, 0.25) is 0 Å². The summed E-state index contributed by atoms with van der Waals surface area (Å²) in [5, 5.41) is 0. The van der Waals surface area contributed by atoms with Crippen molar-refractivity contribution < 1.29 is 41.9 Å². The lowest BCUT2D eigenvalue weighted by Gasteiger charge is -2.36. The second kappa shape index (κ2) is 10.6. The first-order valence-corrected chi connectivity index (χ1v) is 12.2. The third-order valence-electron chi connectivity index (χ3n) is 4.44. The van der Waals surface area contributed by atoms with Crippen LogP contribution in [0.5, 0.6) is 11.5 Å². The van der Waals surface area contributed by atoms with E-state index in [9.17, 15) is 14.4 Å². The highest BCUT2D eigenvalue weighted by atomic mass is 28.4. The summed E-state index contributed by atoms with van der Waals surface area (Å²) in [5.41, 5.74) is 0.783. The molecule has 0 aliphatic carbocycles. The van der Waals surface area contributed by atoms with Crippen molar-refractivity contribution in [3.63, 3.8) is 0 Å². The molecule has 0 aromatic heterocycles. The van der Waals surface area contributed by atoms with Gasteiger partial charge in [-0.1, -0.05) is 19.8 Å². The van der Waals surface area contributed by atoms with Gasteiger partial charge in [0.05, 0.1) is 6.61 Å². The number of ether oxygens (including phenoxy) is 3. The van der Waals surface area contributed by atoms with Gasteiger partial charge in [-0.05, 0) is 24.6 Å². The number of rotatable bonds is 10. The molecule has 1 aromatic rings. The van der Waals surface area contributed by atoms with Crippen molar-refractivity contribution in [2.45, 2.75) is 72.7 Å². The molecule has 10 heteroatoms. The van der Waals surface area contributed by atoms with E-state index in [2.05, 4.69) is 6.92 Å². The van der Waals surface area contributed by atoms with Crippen molar-refractivity contribution in [3.8, 4) is 11.5 Å². The van der Waals surface area contributed by atoms with Gasteiger partial charge in [0, 0.05) is 39.7 Å². The summed E-state index contributed by atoms with van der Waals surface area (Å²) in [5.74, 6) is -1.86. The van der Waals surface area contributed by atoms with Gasteiger partial charge < -0.3 is 27.5 Å². The Bertz CT molecular complexity index is 769. The average molecular weight is 455 g/mol. The van der Waals surface area contributed by atoms with Crippen molar-refractivity contribution in [1.29, 1.82) is 0 Å². The molecule has 0 saturated heterocycles. The predicted molar refractivity (Wildman–Crippen MR) is 111 cm³/mol. The number of fused-ring (bicyclic) bond motifs is 1. The normalized spacial score (nSPS) is 17.7. The van der Waals surface area contributed by atoms with Crippen molar-refractivity contribution in [3.05, 3.63) is 23.8 Å². The van der Waals surface area contributed by atoms with Crippen LogP contribution in [0.15, 0.2) is 18.2 Å². The Labute approximate surface area is 183 Å². The van der Waals surface area contributed by atoms with Crippen molar-refractivity contribution in [2.75, 3.05) is 6.23 Å². The summed E-state index contributed by atoms with van der Waals surface area (Å²) in [7, 11) is -4.08. The van der Waals surface area contributed by atoms with Crippen LogP contribution in [0.25, 0.3) is 0 Å². The quantitative estimate of drug-likeness (QED) is 0.388. The van der Waals surface area contributed by atoms with Crippen molar-refractivity contribution in [1.82, 2.24) is 0 Å². The molecular formula is C21H30O9Si. The maximum Gasteiger partial charge on any atom is 0.745 e. The highest BCUT2D eigenvalue weighted by Gasteiger charge is 2.53. The Morgan fingerprint density at radius 3 is 2.19 bits per heavy atom. The van der Waals surface area contributed by atoms with E-state index in [0.717, 1.165) is 52.0 Å². The van der Waals surface area contributed by atoms with Crippen molar-refractivity contribution >= 4 is 26.7 Å². The molecule has 0 N–H and O–H groups in total. The minimum Gasteiger partial charge on any atom is -0.485 e. The lowest BCUT2D eigenvalue weighted by Crippen LogP contribution is -2.54. The third-order valence-corrected chi connectivity index (χ3v) is 6.73. The van der Waals surface area contributed by atoms with E-state index in [1.807, 2.05) is 6.92 Å². The number of hydrogen-bond acceptors (Lipinski definition) is 9. The monoisotopic (exact) mass is 454 g/mol. The summed E-state index contributed by atoms with van der Waals surface area (Å²) in [6.07, 6.45) is 3.62. The number of carbonyl (C=O) groups excluding carboxylic acids is 3. The molecule has 1 heterocycles. The van der Waals surface area contributed by atoms with Gasteiger partial charge in [0.2, 0.25) is 5.79 Å². The zero-order valence-electron chi connectivity index (χ0n) is 18.6. The Balaban J connectivity index is 2.12. The Morgan fingerprint density at radius 1 is 1.03 bits per heavy atom. The minimum atomic E-state index is -4.08. The second-order valence-corrected chi connectivity index (χ2v) is 9.77. The topological polar surface area (TPSA) is 107 Å². The molecule has 1 aromatic carbocycles. The lowest BCUT2D eigenvalue weighted by atomic mass is 10.1. The van der Waals surface area contributed by atoms with E-state index >= 15 is 0 Å². The Morgan fingerprint density at radius 2 is 1.65 bits per heavy atom. The number of unbranched alkanes of at least 4 members (excludes halogenated alkanes) is 2. The first-order chi connectivity index (χ1) is 14.6. The van der Waals surface area contributed by atoms with Gasteiger partial charge in [-0.2, -0.15) is 0 Å². The number of hydrogen-bond donors (Lipinski definition) is 0. The molecule has 1 aliphatic rings. The van der Waals surface area contributed by atoms with Crippen LogP contribution >= 0.6 is 0 Å². The van der Waals surface area contributed by atoms with Gasteiger partial charge >= 0.3 is 8.80 Å². The van der Waals surface area contributed by atoms with Crippen LogP contribution in [0.1, 0.15) is 65.9 Å². The van der Waals surface area contributed by atoms with Crippen LogP contribution in [-0.4, -0.2) is 38.7 Å². The predicted octanol–water partition coefficient (Wildman–Crippen LogP) is 3.44. The number of benzene rings is 1. The summed E-state index contributed by atoms with van der Waals surface area (Å²) in [6, 6.07) is 5.15. The molecule has 9 nitrogen and oxygen atoms in total. The highest BCUT2D eigenvalue weighted by Crippen LogP contribution is 2.36. The van der Waals surface area contributed by atoms with E-state index in [1.54, 1.807) is 18.2 Å². The molecule has 2 rings (SSSR count). The molecule has 0 fully saturated rings. The summed E-state index contributed by atoms with van der Waals surface area (Å²) in [4.78, 5) is 34.6. The minimum absolute atomic E-state index is 0.343. The van der Waals surface area contributed by atoms with Gasteiger partial charge in [0.25, 0.3) is 17.9 Å². The molecule has 1 atom stereocenters. The number of carbonyl (C=O) groups is 3. The average Bonchev–Trinajstić information content (AvgIpc) is 2.65. The molecule has 1 aliphatic heterocycles. The van der Waals surface area contributed by atoms with Gasteiger partial charge in [0.1, 0.15) is 11.5 Å². The molecule has 31 heavy (non-hydrogen) atoms. The fraction of sp³-hybridized carbons (Fsp3) is 0.571. The molecule has 0 amide bonds. The molecule has 0 radical (unpaired) electrons. The molecule has 172 valence electrons. The standard InChI is InChI=1S/C21H30O9Si/c1-6-7-8-11-21(5)26-13-18-12-19(9-10-20(18)27-21)25-14-31(28-15(2)22,29-16(3)23)30-17(4)24/h9-10,12H,6-8,11,13-14H2,1-5H3. The van der Waals surface area contributed by atoms with E-state index in [1.165, 1.54) is 0 Å². The van der Waals surface area contributed by atoms with Crippen molar-refractivity contribution in [2.24, 2.45) is 0 Å². The Kier molecular flexibility index (Phi) is 8.46. The third kappa shape index (κ3) is 7.55. The summed E-state index contributed by atoms with van der Waals surface area (Å²) < 4.78 is 33.0. The lowest BCUT2D eigenvalue weighted by molar-refractivity contribution is -0.198. The smallest absolute Gasteiger partial charge is 0.485 e. The van der Waals surface area contributed by atoms with Gasteiger partial charge in [-0.15, -0.1) is 0 Å². The van der Waals surface area contributed by atoms with Crippen LogP contribution < -0.4 is 9.47 Å². The summed E-state index contributed by atoms with van der Waals surface area (Å²) in [6.45, 7) is 7.78. The summed E-state index contributed by atoms with van der Waals surface area (Å²) >= 11 is 0. The fourth-order valence-electron chi connectivity index (χ4n) is 3.15. The second-order valence-electron chi connectivity index (χ2n) is 7.50. The first-order valence-electron chi connectivity index (χ1n) is 10.2. The van der Waals surface area contributed by atoms with Crippen LogP contribution in [0.4, 0.5) is 0 Å². The van der Waals surface area contributed by atoms with E-state index in [4.69, 9.17) is 27.5 Å². The first kappa shape index (κ1) is 24.7. The fourth-order valence-corrected chi connectivity index (χ4v) is 5.11. The molecule has 0 saturated carbocycles.